The molecule has 10 heteroatoms. The second-order valence-electron chi connectivity index (χ2n) is 11.0. The van der Waals surface area contributed by atoms with Crippen molar-refractivity contribution in [2.24, 2.45) is 17.8 Å². The van der Waals surface area contributed by atoms with E-state index in [4.69, 9.17) is 16.3 Å². The number of hydrogen-bond acceptors (Lipinski definition) is 6. The number of ether oxygens (including phenoxy) is 1. The molecule has 0 aromatic heterocycles. The SMILES string of the molecule is C=CCCCCOC(=O)[C@H]1[C@@H]2SC3(CC2Br)C(C(=O)N(CC=C)c2ccccc2Cl)N([C@@H](CO)C(C)C)C(=O)[C@H]13. The number of aliphatic hydroxyl groups is 1. The molecule has 7 nitrogen and oxygen atoms in total. The summed E-state index contributed by atoms with van der Waals surface area (Å²) >= 11 is 11.9. The number of alkyl halides is 1. The molecule has 3 fully saturated rings. The fourth-order valence-corrected chi connectivity index (χ4v) is 10.3. The van der Waals surface area contributed by atoms with Crippen molar-refractivity contribution in [1.29, 1.82) is 0 Å². The number of rotatable bonds is 13. The van der Waals surface area contributed by atoms with Crippen molar-refractivity contribution >= 4 is 62.8 Å². The maximum absolute atomic E-state index is 14.7. The van der Waals surface area contributed by atoms with Gasteiger partial charge in [0.1, 0.15) is 6.04 Å². The molecular formula is C30H38BrClN2O5S. The molecule has 1 spiro atoms. The Hall–Kier alpha value is -1.81. The predicted molar refractivity (Wildman–Crippen MR) is 164 cm³/mol. The highest BCUT2D eigenvalue weighted by molar-refractivity contribution is 9.09. The van der Waals surface area contributed by atoms with E-state index in [1.165, 1.54) is 0 Å². The van der Waals surface area contributed by atoms with Gasteiger partial charge in [-0.25, -0.2) is 0 Å². The molecule has 2 amide bonds. The second kappa shape index (κ2) is 13.0. The molecule has 4 rings (SSSR count). The van der Waals surface area contributed by atoms with Crippen LogP contribution in [0, 0.1) is 17.8 Å². The van der Waals surface area contributed by atoms with E-state index in [-0.39, 0.29) is 47.6 Å². The number of nitrogens with zero attached hydrogens (tertiary/aromatic N) is 2. The molecule has 40 heavy (non-hydrogen) atoms. The summed E-state index contributed by atoms with van der Waals surface area (Å²) in [5, 5.41) is 10.7. The largest absolute Gasteiger partial charge is 0.465 e. The number of unbranched alkanes of at least 4 members (excludes halogenated alkanes) is 2. The molecule has 3 saturated heterocycles. The monoisotopic (exact) mass is 652 g/mol. The molecule has 3 heterocycles. The average Bonchev–Trinajstić information content (AvgIpc) is 3.51. The van der Waals surface area contributed by atoms with Gasteiger partial charge in [0.25, 0.3) is 5.91 Å². The molecule has 1 N–H and O–H groups in total. The van der Waals surface area contributed by atoms with E-state index in [0.29, 0.717) is 23.6 Å². The van der Waals surface area contributed by atoms with E-state index >= 15 is 0 Å². The lowest BCUT2D eigenvalue weighted by molar-refractivity contribution is -0.154. The first-order valence-electron chi connectivity index (χ1n) is 13.8. The first-order chi connectivity index (χ1) is 19.1. The van der Waals surface area contributed by atoms with Crippen LogP contribution in [0.5, 0.6) is 0 Å². The van der Waals surface area contributed by atoms with Crippen LogP contribution in [0.1, 0.15) is 39.5 Å². The number of allylic oxidation sites excluding steroid dienone is 1. The van der Waals surface area contributed by atoms with Gasteiger partial charge in [-0.05, 0) is 43.7 Å². The molecule has 3 aliphatic rings. The summed E-state index contributed by atoms with van der Waals surface area (Å²) in [4.78, 5) is 45.6. The number of anilines is 1. The summed E-state index contributed by atoms with van der Waals surface area (Å²) in [6, 6.07) is 5.59. The number of amides is 2. The van der Waals surface area contributed by atoms with E-state index < -0.39 is 34.6 Å². The van der Waals surface area contributed by atoms with Gasteiger partial charge in [-0.15, -0.1) is 24.9 Å². The number of aliphatic hydroxyl groups excluding tert-OH is 1. The molecule has 1 aromatic carbocycles. The van der Waals surface area contributed by atoms with Crippen molar-refractivity contribution in [3.63, 3.8) is 0 Å². The number of esters is 1. The molecule has 0 aliphatic carbocycles. The minimum Gasteiger partial charge on any atom is -0.465 e. The third-order valence-electron chi connectivity index (χ3n) is 8.31. The maximum atomic E-state index is 14.7. The molecule has 2 bridgehead atoms. The number of halogens is 2. The molecule has 218 valence electrons. The number of hydrogen-bond donors (Lipinski definition) is 1. The highest BCUT2D eigenvalue weighted by Gasteiger charge is 2.76. The Balaban J connectivity index is 1.76. The first-order valence-corrected chi connectivity index (χ1v) is 16.0. The van der Waals surface area contributed by atoms with Crippen LogP contribution in [-0.4, -0.2) is 74.5 Å². The molecule has 1 aromatic rings. The third kappa shape index (κ3) is 5.39. The molecule has 3 aliphatic heterocycles. The maximum Gasteiger partial charge on any atom is 0.310 e. The molecule has 0 radical (unpaired) electrons. The number of benzene rings is 1. The second-order valence-corrected chi connectivity index (χ2v) is 14.2. The number of carbonyl (C=O) groups excluding carboxylic acids is 3. The summed E-state index contributed by atoms with van der Waals surface area (Å²) in [7, 11) is 0. The fourth-order valence-electron chi connectivity index (χ4n) is 6.51. The van der Waals surface area contributed by atoms with E-state index in [2.05, 4.69) is 29.1 Å². The van der Waals surface area contributed by atoms with Crippen molar-refractivity contribution in [3.8, 4) is 0 Å². The number of fused-ring (bicyclic) bond motifs is 1. The van der Waals surface area contributed by atoms with Crippen LogP contribution in [-0.2, 0) is 19.1 Å². The summed E-state index contributed by atoms with van der Waals surface area (Å²) in [5.41, 5.74) is 0.523. The van der Waals surface area contributed by atoms with Crippen LogP contribution in [0.3, 0.4) is 0 Å². The Morgan fingerprint density at radius 1 is 1.30 bits per heavy atom. The topological polar surface area (TPSA) is 87.2 Å². The minimum atomic E-state index is -0.902. The summed E-state index contributed by atoms with van der Waals surface area (Å²) in [6.45, 7) is 11.6. The Labute approximate surface area is 254 Å². The van der Waals surface area contributed by atoms with Gasteiger partial charge in [-0.1, -0.05) is 65.7 Å². The van der Waals surface area contributed by atoms with Gasteiger partial charge < -0.3 is 19.6 Å². The van der Waals surface area contributed by atoms with E-state index in [0.717, 1.165) is 12.8 Å². The van der Waals surface area contributed by atoms with Crippen molar-refractivity contribution in [2.75, 3.05) is 24.7 Å². The van der Waals surface area contributed by atoms with Crippen LogP contribution >= 0.6 is 39.3 Å². The molecule has 0 saturated carbocycles. The zero-order valence-electron chi connectivity index (χ0n) is 23.0. The third-order valence-corrected chi connectivity index (χ3v) is 11.9. The quantitative estimate of drug-likeness (QED) is 0.136. The minimum absolute atomic E-state index is 0.0742. The van der Waals surface area contributed by atoms with Crippen molar-refractivity contribution < 1.29 is 24.2 Å². The number of para-hydroxylation sites is 1. The van der Waals surface area contributed by atoms with Crippen LogP contribution in [0.25, 0.3) is 0 Å². The van der Waals surface area contributed by atoms with Gasteiger partial charge in [-0.2, -0.15) is 0 Å². The van der Waals surface area contributed by atoms with Gasteiger partial charge in [0.05, 0.1) is 46.5 Å². The lowest BCUT2D eigenvalue weighted by Gasteiger charge is -2.41. The number of carbonyl (C=O) groups is 3. The zero-order valence-corrected chi connectivity index (χ0v) is 26.2. The number of likely N-dealkylation sites (tertiary alicyclic amines) is 1. The lowest BCUT2D eigenvalue weighted by Crippen LogP contribution is -2.59. The standard InChI is InChI=1S/C30H38BrClN2O5S/c1-5-7-8-11-15-39-29(38)23-24-27(36)34(22(17-35)18(3)4)26(30(24)16-19(31)25(23)40-30)28(37)33(14-6-2)21-13-10-9-12-20(21)32/h5-6,9-10,12-13,18-19,22-26,35H,1-2,7-8,11,14-17H2,3-4H3/t19?,22-,23+,24-,25+,26?,30?/m0/s1. The van der Waals surface area contributed by atoms with Crippen molar-refractivity contribution in [2.45, 2.75) is 66.4 Å². The van der Waals surface area contributed by atoms with Crippen molar-refractivity contribution in [1.82, 2.24) is 4.90 Å². The van der Waals surface area contributed by atoms with Crippen LogP contribution in [0.15, 0.2) is 49.6 Å². The molecule has 7 atom stereocenters. The van der Waals surface area contributed by atoms with Gasteiger partial charge in [0, 0.05) is 16.6 Å². The Kier molecular flexibility index (Phi) is 10.1. The van der Waals surface area contributed by atoms with Gasteiger partial charge in [0.2, 0.25) is 5.91 Å². The molecule has 3 unspecified atom stereocenters. The Morgan fingerprint density at radius 2 is 2.02 bits per heavy atom. The Bertz CT molecular complexity index is 1150. The van der Waals surface area contributed by atoms with Crippen molar-refractivity contribution in [3.05, 3.63) is 54.6 Å². The number of thioether (sulfide) groups is 1. The highest BCUT2D eigenvalue weighted by atomic mass is 79.9. The van der Waals surface area contributed by atoms with E-state index in [9.17, 15) is 19.5 Å². The summed E-state index contributed by atoms with van der Waals surface area (Å²) in [6.07, 6.45) is 6.42. The smallest absolute Gasteiger partial charge is 0.310 e. The van der Waals surface area contributed by atoms with E-state index in [1.807, 2.05) is 19.9 Å². The summed E-state index contributed by atoms with van der Waals surface area (Å²) < 4.78 is 4.85. The Morgan fingerprint density at radius 3 is 2.65 bits per heavy atom. The van der Waals surface area contributed by atoms with Gasteiger partial charge >= 0.3 is 5.97 Å². The van der Waals surface area contributed by atoms with Gasteiger partial charge in [0.15, 0.2) is 0 Å². The van der Waals surface area contributed by atoms with Gasteiger partial charge in [-0.3, -0.25) is 14.4 Å². The fraction of sp³-hybridized carbons (Fsp3) is 0.567. The van der Waals surface area contributed by atoms with Crippen LogP contribution in [0.4, 0.5) is 5.69 Å². The normalized spacial score (nSPS) is 29.4. The first kappa shape index (κ1) is 31.1. The predicted octanol–water partition coefficient (Wildman–Crippen LogP) is 5.24. The zero-order chi connectivity index (χ0) is 29.2. The lowest BCUT2D eigenvalue weighted by atomic mass is 9.71. The average molecular weight is 654 g/mol. The van der Waals surface area contributed by atoms with E-state index in [1.54, 1.807) is 51.9 Å². The molecular weight excluding hydrogens is 616 g/mol. The highest BCUT2D eigenvalue weighted by Crippen LogP contribution is 2.68. The van der Waals surface area contributed by atoms with Crippen LogP contribution in [0.2, 0.25) is 5.02 Å². The van der Waals surface area contributed by atoms with Crippen LogP contribution < -0.4 is 4.90 Å². The summed E-state index contributed by atoms with van der Waals surface area (Å²) in [5.74, 6) is -2.50.